The Balaban J connectivity index is 0.000000531. The first kappa shape index (κ1) is 11.9. The van der Waals surface area contributed by atoms with Gasteiger partial charge in [0.1, 0.15) is 12.7 Å². The van der Waals surface area contributed by atoms with Crippen LogP contribution in [-0.2, 0) is 9.47 Å². The van der Waals surface area contributed by atoms with Crippen LogP contribution >= 0.6 is 0 Å². The van der Waals surface area contributed by atoms with Gasteiger partial charge in [-0.2, -0.15) is 0 Å². The van der Waals surface area contributed by atoms with Crippen molar-refractivity contribution in [3.05, 3.63) is 35.8 Å². The second kappa shape index (κ2) is 6.33. The van der Waals surface area contributed by atoms with Crippen LogP contribution < -0.4 is 0 Å². The highest BCUT2D eigenvalue weighted by atomic mass is 16.6. The van der Waals surface area contributed by atoms with Gasteiger partial charge in [-0.15, -0.1) is 0 Å². The van der Waals surface area contributed by atoms with Gasteiger partial charge < -0.3 is 9.47 Å². The van der Waals surface area contributed by atoms with E-state index in [1.54, 1.807) is 0 Å². The Morgan fingerprint density at radius 3 is 2.53 bits per heavy atom. The second-order valence-electron chi connectivity index (χ2n) is 3.23. The monoisotopic (exact) mass is 208 g/mol. The molecule has 0 fully saturated rings. The number of allylic oxidation sites excluding steroid dienone is 4. The predicted molar refractivity (Wildman–Crippen MR) is 62.4 cm³/mol. The van der Waals surface area contributed by atoms with Gasteiger partial charge in [0.2, 0.25) is 0 Å². The molecule has 2 nitrogen and oxygen atoms in total. The van der Waals surface area contributed by atoms with Gasteiger partial charge in [0.25, 0.3) is 0 Å². The largest absolute Gasteiger partial charge is 0.486 e. The topological polar surface area (TPSA) is 18.5 Å². The van der Waals surface area contributed by atoms with Gasteiger partial charge in [-0.3, -0.25) is 0 Å². The Bertz CT molecular complexity index is 274. The van der Waals surface area contributed by atoms with Crippen LogP contribution in [0.3, 0.4) is 0 Å². The lowest BCUT2D eigenvalue weighted by molar-refractivity contribution is 0.00645. The van der Waals surface area contributed by atoms with E-state index in [9.17, 15) is 0 Å². The molecule has 1 aliphatic heterocycles. The zero-order valence-corrected chi connectivity index (χ0v) is 9.82. The zero-order valence-electron chi connectivity index (χ0n) is 9.82. The molecule has 84 valence electrons. The van der Waals surface area contributed by atoms with Crippen molar-refractivity contribution in [3.63, 3.8) is 0 Å². The molecule has 0 aromatic heterocycles. The van der Waals surface area contributed by atoms with Gasteiger partial charge in [-0.1, -0.05) is 32.9 Å². The third-order valence-electron chi connectivity index (χ3n) is 2.23. The van der Waals surface area contributed by atoms with Crippen molar-refractivity contribution in [1.82, 2.24) is 0 Å². The van der Waals surface area contributed by atoms with E-state index in [1.165, 1.54) is 0 Å². The molecule has 0 N–H and O–H groups in total. The van der Waals surface area contributed by atoms with Crippen LogP contribution in [0.2, 0.25) is 0 Å². The van der Waals surface area contributed by atoms with E-state index in [2.05, 4.69) is 19.1 Å². The van der Waals surface area contributed by atoms with Crippen molar-refractivity contribution in [2.75, 3.05) is 6.61 Å². The van der Waals surface area contributed by atoms with Crippen LogP contribution in [0.15, 0.2) is 35.8 Å². The molecule has 15 heavy (non-hydrogen) atoms. The van der Waals surface area contributed by atoms with Crippen molar-refractivity contribution in [1.29, 1.82) is 0 Å². The number of rotatable bonds is 1. The highest BCUT2D eigenvalue weighted by Crippen LogP contribution is 2.23. The van der Waals surface area contributed by atoms with Gasteiger partial charge in [0.15, 0.2) is 11.5 Å². The first-order chi connectivity index (χ1) is 7.40. The van der Waals surface area contributed by atoms with E-state index in [-0.39, 0.29) is 6.10 Å². The lowest BCUT2D eigenvalue weighted by Crippen LogP contribution is -2.23. The van der Waals surface area contributed by atoms with Crippen molar-refractivity contribution < 1.29 is 9.47 Å². The van der Waals surface area contributed by atoms with Gasteiger partial charge in [-0.25, -0.2) is 0 Å². The molecule has 1 heterocycles. The van der Waals surface area contributed by atoms with Gasteiger partial charge >= 0.3 is 0 Å². The molecule has 0 saturated heterocycles. The summed E-state index contributed by atoms with van der Waals surface area (Å²) >= 11 is 0. The Morgan fingerprint density at radius 1 is 1.20 bits per heavy atom. The summed E-state index contributed by atoms with van der Waals surface area (Å²) in [4.78, 5) is 0. The Labute approximate surface area is 92.3 Å². The number of hydrogen-bond acceptors (Lipinski definition) is 2. The third kappa shape index (κ3) is 3.15. The molecule has 1 unspecified atom stereocenters. The first-order valence-electron chi connectivity index (χ1n) is 5.77. The van der Waals surface area contributed by atoms with Crippen LogP contribution in [0.1, 0.15) is 33.6 Å². The summed E-state index contributed by atoms with van der Waals surface area (Å²) in [5.74, 6) is 1.75. The van der Waals surface area contributed by atoms with Crippen LogP contribution in [0.25, 0.3) is 0 Å². The summed E-state index contributed by atoms with van der Waals surface area (Å²) in [5, 5.41) is 0. The van der Waals surface area contributed by atoms with Crippen molar-refractivity contribution in [3.8, 4) is 0 Å². The van der Waals surface area contributed by atoms with Gasteiger partial charge in [0.05, 0.1) is 0 Å². The smallest absolute Gasteiger partial charge is 0.161 e. The summed E-state index contributed by atoms with van der Waals surface area (Å²) in [6.45, 7) is 6.78. The third-order valence-corrected chi connectivity index (χ3v) is 2.23. The molecule has 0 aromatic carbocycles. The molecule has 1 atom stereocenters. The second-order valence-corrected chi connectivity index (χ2v) is 3.23. The van der Waals surface area contributed by atoms with Crippen molar-refractivity contribution in [2.24, 2.45) is 0 Å². The van der Waals surface area contributed by atoms with E-state index < -0.39 is 0 Å². The van der Waals surface area contributed by atoms with Crippen LogP contribution in [-0.4, -0.2) is 12.7 Å². The fourth-order valence-corrected chi connectivity index (χ4v) is 1.41. The predicted octanol–water partition coefficient (Wildman–Crippen LogP) is 3.57. The molecule has 0 amide bonds. The maximum atomic E-state index is 5.74. The minimum Gasteiger partial charge on any atom is -0.486 e. The van der Waals surface area contributed by atoms with Gasteiger partial charge in [0, 0.05) is 0 Å². The van der Waals surface area contributed by atoms with Crippen LogP contribution in [0, 0.1) is 0 Å². The SMILES string of the molecule is CC.CCC1COC2=C(C=CCC=C2)O1. The van der Waals surface area contributed by atoms with E-state index in [1.807, 2.05) is 26.0 Å². The lowest BCUT2D eigenvalue weighted by atomic mass is 10.2. The maximum absolute atomic E-state index is 5.74. The highest BCUT2D eigenvalue weighted by Gasteiger charge is 2.19. The standard InChI is InChI=1S/C11H14O2.C2H6/c1-2-9-8-12-10-6-4-3-5-7-11(10)13-9;1-2/h4-7,9H,2-3,8H2,1H3;1-2H3. The average Bonchev–Trinajstić information content (AvgIpc) is 2.55. The zero-order chi connectivity index (χ0) is 11.1. The number of hydrogen-bond donors (Lipinski definition) is 0. The Kier molecular flexibility index (Phi) is 5.02. The minimum absolute atomic E-state index is 0.217. The normalized spacial score (nSPS) is 23.0. The summed E-state index contributed by atoms with van der Waals surface area (Å²) in [6.07, 6.45) is 10.3. The molecular weight excluding hydrogens is 188 g/mol. The average molecular weight is 208 g/mol. The summed E-state index contributed by atoms with van der Waals surface area (Å²) in [7, 11) is 0. The molecule has 2 rings (SSSR count). The van der Waals surface area contributed by atoms with E-state index in [0.29, 0.717) is 6.61 Å². The van der Waals surface area contributed by atoms with Crippen LogP contribution in [0.4, 0.5) is 0 Å². The van der Waals surface area contributed by atoms with E-state index in [0.717, 1.165) is 24.4 Å². The molecule has 0 radical (unpaired) electrons. The molecule has 0 aromatic rings. The van der Waals surface area contributed by atoms with Gasteiger partial charge in [-0.05, 0) is 25.0 Å². The van der Waals surface area contributed by atoms with Crippen LogP contribution in [0.5, 0.6) is 0 Å². The van der Waals surface area contributed by atoms with E-state index in [4.69, 9.17) is 9.47 Å². The quantitative estimate of drug-likeness (QED) is 0.656. The maximum Gasteiger partial charge on any atom is 0.161 e. The summed E-state index contributed by atoms with van der Waals surface area (Å²) in [5.41, 5.74) is 0. The summed E-state index contributed by atoms with van der Waals surface area (Å²) < 4.78 is 11.3. The van der Waals surface area contributed by atoms with E-state index >= 15 is 0 Å². The molecular formula is C13H20O2. The fraction of sp³-hybridized carbons (Fsp3) is 0.538. The molecule has 0 bridgehead atoms. The van der Waals surface area contributed by atoms with Crippen molar-refractivity contribution >= 4 is 0 Å². The molecule has 2 aliphatic rings. The minimum atomic E-state index is 0.217. The Hall–Kier alpha value is -1.18. The fourth-order valence-electron chi connectivity index (χ4n) is 1.41. The summed E-state index contributed by atoms with van der Waals surface area (Å²) in [6, 6.07) is 0. The first-order valence-corrected chi connectivity index (χ1v) is 5.77. The molecule has 0 saturated carbocycles. The molecule has 1 aliphatic carbocycles. The highest BCUT2D eigenvalue weighted by molar-refractivity contribution is 5.29. The lowest BCUT2D eigenvalue weighted by Gasteiger charge is -2.25. The molecule has 2 heteroatoms. The van der Waals surface area contributed by atoms with Crippen molar-refractivity contribution in [2.45, 2.75) is 39.7 Å². The number of ether oxygens (including phenoxy) is 2. The Morgan fingerprint density at radius 2 is 1.87 bits per heavy atom. The molecule has 0 spiro atoms.